The van der Waals surface area contributed by atoms with Crippen molar-refractivity contribution in [2.24, 2.45) is 0 Å². The molecule has 0 saturated heterocycles. The Morgan fingerprint density at radius 3 is 2.77 bits per heavy atom. The number of aromatic nitrogens is 1. The molecule has 68 valence electrons. The van der Waals surface area contributed by atoms with Crippen LogP contribution in [-0.4, -0.2) is 10.1 Å². The van der Waals surface area contributed by atoms with Gasteiger partial charge in [-0.2, -0.15) is 0 Å². The lowest BCUT2D eigenvalue weighted by Crippen LogP contribution is -1.97. The van der Waals surface area contributed by atoms with E-state index in [1.807, 2.05) is 23.8 Å². The summed E-state index contributed by atoms with van der Waals surface area (Å²) in [4.78, 5) is 5.08. The van der Waals surface area contributed by atoms with Gasteiger partial charge in [0.2, 0.25) is 0 Å². The molecule has 0 aliphatic rings. The van der Waals surface area contributed by atoms with E-state index in [9.17, 15) is 5.11 Å². The molecule has 0 spiro atoms. The van der Waals surface area contributed by atoms with Crippen LogP contribution in [0.25, 0.3) is 0 Å². The highest BCUT2D eigenvalue weighted by Gasteiger charge is 2.15. The fraction of sp³-hybridized carbons (Fsp3) is 0.222. The van der Waals surface area contributed by atoms with Crippen molar-refractivity contribution < 1.29 is 5.11 Å². The Morgan fingerprint density at radius 2 is 2.23 bits per heavy atom. The zero-order chi connectivity index (χ0) is 9.26. The summed E-state index contributed by atoms with van der Waals surface area (Å²) in [6.45, 7) is 2.00. The van der Waals surface area contributed by atoms with Gasteiger partial charge in [-0.05, 0) is 23.9 Å². The smallest absolute Gasteiger partial charge is 0.140 e. The van der Waals surface area contributed by atoms with Crippen LogP contribution in [0.4, 0.5) is 0 Å². The molecule has 2 aromatic rings. The van der Waals surface area contributed by atoms with Gasteiger partial charge in [-0.3, -0.25) is 0 Å². The maximum Gasteiger partial charge on any atom is 0.140 e. The summed E-state index contributed by atoms with van der Waals surface area (Å²) >= 11 is 3.06. The fourth-order valence-corrected chi connectivity index (χ4v) is 2.76. The highest BCUT2D eigenvalue weighted by atomic mass is 32.1. The topological polar surface area (TPSA) is 33.1 Å². The summed E-state index contributed by atoms with van der Waals surface area (Å²) in [5.74, 6) is 0. The lowest BCUT2D eigenvalue weighted by atomic mass is 10.2. The second-order valence-corrected chi connectivity index (χ2v) is 4.61. The SMILES string of the molecule is Cc1ccsc1C(O)c1nccs1. The van der Waals surface area contributed by atoms with Crippen LogP contribution in [0.1, 0.15) is 21.6 Å². The lowest BCUT2D eigenvalue weighted by molar-refractivity contribution is 0.223. The minimum absolute atomic E-state index is 0.542. The van der Waals surface area contributed by atoms with Gasteiger partial charge in [-0.15, -0.1) is 22.7 Å². The third-order valence-corrected chi connectivity index (χ3v) is 3.73. The average molecular weight is 211 g/mol. The predicted octanol–water partition coefficient (Wildman–Crippen LogP) is 2.59. The van der Waals surface area contributed by atoms with E-state index in [0.29, 0.717) is 0 Å². The number of aliphatic hydroxyl groups excluding tert-OH is 1. The van der Waals surface area contributed by atoms with E-state index < -0.39 is 6.10 Å². The molecule has 0 fully saturated rings. The molecule has 2 rings (SSSR count). The van der Waals surface area contributed by atoms with Crippen molar-refractivity contribution in [1.82, 2.24) is 4.98 Å². The van der Waals surface area contributed by atoms with E-state index in [0.717, 1.165) is 15.4 Å². The van der Waals surface area contributed by atoms with Gasteiger partial charge >= 0.3 is 0 Å². The second-order valence-electron chi connectivity index (χ2n) is 2.74. The minimum atomic E-state index is -0.542. The second kappa shape index (κ2) is 3.57. The largest absolute Gasteiger partial charge is 0.380 e. The molecule has 2 nitrogen and oxygen atoms in total. The summed E-state index contributed by atoms with van der Waals surface area (Å²) in [7, 11) is 0. The van der Waals surface area contributed by atoms with E-state index in [2.05, 4.69) is 4.98 Å². The lowest BCUT2D eigenvalue weighted by Gasteiger charge is -2.05. The molecule has 2 aromatic heterocycles. The van der Waals surface area contributed by atoms with Crippen molar-refractivity contribution in [2.45, 2.75) is 13.0 Å². The molecule has 1 unspecified atom stereocenters. The van der Waals surface area contributed by atoms with Crippen molar-refractivity contribution >= 4 is 22.7 Å². The van der Waals surface area contributed by atoms with Crippen LogP contribution in [0.3, 0.4) is 0 Å². The Bertz CT molecular complexity index is 380. The number of hydrogen-bond donors (Lipinski definition) is 1. The third-order valence-electron chi connectivity index (χ3n) is 1.84. The molecule has 0 bridgehead atoms. The molecule has 0 radical (unpaired) electrons. The summed E-state index contributed by atoms with van der Waals surface area (Å²) in [5.41, 5.74) is 1.13. The van der Waals surface area contributed by atoms with E-state index >= 15 is 0 Å². The molecule has 0 aliphatic heterocycles. The van der Waals surface area contributed by atoms with E-state index in [-0.39, 0.29) is 0 Å². The quantitative estimate of drug-likeness (QED) is 0.828. The van der Waals surface area contributed by atoms with Crippen LogP contribution in [-0.2, 0) is 0 Å². The van der Waals surface area contributed by atoms with Crippen LogP contribution < -0.4 is 0 Å². The third kappa shape index (κ3) is 1.65. The van der Waals surface area contributed by atoms with Crippen molar-refractivity contribution in [3.05, 3.63) is 38.5 Å². The molecule has 13 heavy (non-hydrogen) atoms. The first-order chi connectivity index (χ1) is 6.29. The Kier molecular flexibility index (Phi) is 2.44. The fourth-order valence-electron chi connectivity index (χ4n) is 1.15. The Labute approximate surface area is 84.5 Å². The molecule has 0 saturated carbocycles. The number of aliphatic hydroxyl groups is 1. The zero-order valence-corrected chi connectivity index (χ0v) is 8.73. The number of aryl methyl sites for hydroxylation is 1. The molecular formula is C9H9NOS2. The molecule has 1 atom stereocenters. The maximum atomic E-state index is 9.91. The molecule has 0 amide bonds. The van der Waals surface area contributed by atoms with Gasteiger partial charge in [0.15, 0.2) is 0 Å². The number of hydrogen-bond acceptors (Lipinski definition) is 4. The summed E-state index contributed by atoms with van der Waals surface area (Å²) < 4.78 is 0. The summed E-state index contributed by atoms with van der Waals surface area (Å²) in [6.07, 6.45) is 1.17. The van der Waals surface area contributed by atoms with Crippen molar-refractivity contribution in [3.8, 4) is 0 Å². The molecule has 2 heterocycles. The Morgan fingerprint density at radius 1 is 1.38 bits per heavy atom. The number of thiazole rings is 1. The normalized spacial score (nSPS) is 13.1. The molecule has 4 heteroatoms. The van der Waals surface area contributed by atoms with Crippen LogP contribution in [0, 0.1) is 6.92 Å². The first-order valence-electron chi connectivity index (χ1n) is 3.90. The number of rotatable bonds is 2. The maximum absolute atomic E-state index is 9.91. The monoisotopic (exact) mass is 211 g/mol. The van der Waals surface area contributed by atoms with Crippen LogP contribution in [0.2, 0.25) is 0 Å². The van der Waals surface area contributed by atoms with E-state index in [4.69, 9.17) is 0 Å². The summed E-state index contributed by atoms with van der Waals surface area (Å²) in [6, 6.07) is 2.01. The van der Waals surface area contributed by atoms with Crippen LogP contribution in [0.5, 0.6) is 0 Å². The Hall–Kier alpha value is -0.710. The van der Waals surface area contributed by atoms with Gasteiger partial charge in [0.05, 0.1) is 0 Å². The summed E-state index contributed by atoms with van der Waals surface area (Å²) in [5, 5.41) is 14.5. The first-order valence-corrected chi connectivity index (χ1v) is 5.66. The minimum Gasteiger partial charge on any atom is -0.380 e. The molecule has 1 N–H and O–H groups in total. The van der Waals surface area contributed by atoms with Gasteiger partial charge < -0.3 is 5.11 Å². The number of thiophene rings is 1. The average Bonchev–Trinajstić information content (AvgIpc) is 2.72. The molecule has 0 aliphatic carbocycles. The Balaban J connectivity index is 2.33. The standard InChI is InChI=1S/C9H9NOS2/c1-6-2-4-12-8(6)7(11)9-10-3-5-13-9/h2-5,7,11H,1H3. The van der Waals surface area contributed by atoms with Crippen molar-refractivity contribution in [3.63, 3.8) is 0 Å². The predicted molar refractivity (Wildman–Crippen MR) is 55.2 cm³/mol. The van der Waals surface area contributed by atoms with Gasteiger partial charge in [0.1, 0.15) is 11.1 Å². The highest BCUT2D eigenvalue weighted by Crippen LogP contribution is 2.29. The highest BCUT2D eigenvalue weighted by molar-refractivity contribution is 7.11. The van der Waals surface area contributed by atoms with Gasteiger partial charge in [0.25, 0.3) is 0 Å². The van der Waals surface area contributed by atoms with Gasteiger partial charge in [-0.25, -0.2) is 4.98 Å². The van der Waals surface area contributed by atoms with Crippen LogP contribution >= 0.6 is 22.7 Å². The van der Waals surface area contributed by atoms with Gasteiger partial charge in [-0.1, -0.05) is 0 Å². The van der Waals surface area contributed by atoms with E-state index in [1.165, 1.54) is 11.3 Å². The van der Waals surface area contributed by atoms with Crippen molar-refractivity contribution in [2.75, 3.05) is 0 Å². The molecular weight excluding hydrogens is 202 g/mol. The van der Waals surface area contributed by atoms with Gasteiger partial charge in [0, 0.05) is 16.5 Å². The zero-order valence-electron chi connectivity index (χ0n) is 7.10. The number of nitrogens with zero attached hydrogens (tertiary/aromatic N) is 1. The first kappa shape index (κ1) is 8.87. The van der Waals surface area contributed by atoms with Crippen molar-refractivity contribution in [1.29, 1.82) is 0 Å². The molecule has 0 aromatic carbocycles. The van der Waals surface area contributed by atoms with E-state index in [1.54, 1.807) is 17.5 Å². The van der Waals surface area contributed by atoms with Crippen LogP contribution in [0.15, 0.2) is 23.0 Å².